The molecule has 5 aliphatic rings. The van der Waals surface area contributed by atoms with Crippen LogP contribution in [0.1, 0.15) is 37.0 Å². The Morgan fingerprint density at radius 3 is 1.84 bits per heavy atom. The fraction of sp³-hybridized carbons (Fsp3) is 0.0980. The predicted molar refractivity (Wildman–Crippen MR) is 216 cm³/mol. The van der Waals surface area contributed by atoms with Crippen molar-refractivity contribution >= 4 is 27.1 Å². The minimum Gasteiger partial charge on any atom is -0.0795 e. The van der Waals surface area contributed by atoms with Crippen molar-refractivity contribution in [1.82, 2.24) is 0 Å². The molecule has 6 aromatic carbocycles. The van der Waals surface area contributed by atoms with Gasteiger partial charge < -0.3 is 0 Å². The van der Waals surface area contributed by atoms with Gasteiger partial charge in [-0.05, 0) is 148 Å². The van der Waals surface area contributed by atoms with E-state index in [1.54, 1.807) is 0 Å². The molecule has 0 heterocycles. The van der Waals surface area contributed by atoms with Gasteiger partial charge >= 0.3 is 0 Å². The van der Waals surface area contributed by atoms with Crippen molar-refractivity contribution in [3.63, 3.8) is 0 Å². The van der Waals surface area contributed by atoms with Crippen molar-refractivity contribution in [3.8, 4) is 33.4 Å². The van der Waals surface area contributed by atoms with Gasteiger partial charge in [-0.1, -0.05) is 141 Å². The molecule has 5 aliphatic carbocycles. The van der Waals surface area contributed by atoms with Gasteiger partial charge in [-0.15, -0.1) is 0 Å². The third-order valence-corrected chi connectivity index (χ3v) is 12.1. The van der Waals surface area contributed by atoms with E-state index >= 15 is 0 Å². The fourth-order valence-corrected chi connectivity index (χ4v) is 9.45. The summed E-state index contributed by atoms with van der Waals surface area (Å²) in [6, 6.07) is 43.7. The Bertz CT molecular complexity index is 2780. The second kappa shape index (κ2) is 10.5. The summed E-state index contributed by atoms with van der Waals surface area (Å²) in [5.41, 5.74) is 20.3. The molecule has 0 radical (unpaired) electrons. The van der Waals surface area contributed by atoms with Crippen LogP contribution in [0.3, 0.4) is 0 Å². The Morgan fingerprint density at radius 2 is 1.12 bits per heavy atom. The zero-order chi connectivity index (χ0) is 33.8. The normalized spacial score (nSPS) is 18.9. The van der Waals surface area contributed by atoms with E-state index in [2.05, 4.69) is 178 Å². The summed E-state index contributed by atoms with van der Waals surface area (Å²) < 4.78 is 0. The monoisotopic (exact) mass is 648 g/mol. The molecule has 0 N–H and O–H groups in total. The van der Waals surface area contributed by atoms with Crippen molar-refractivity contribution in [1.29, 1.82) is 0 Å². The van der Waals surface area contributed by atoms with E-state index in [-0.39, 0.29) is 5.41 Å². The van der Waals surface area contributed by atoms with Crippen LogP contribution in [0.25, 0.3) is 60.5 Å². The van der Waals surface area contributed by atoms with Crippen LogP contribution in [-0.4, -0.2) is 0 Å². The molecule has 0 nitrogen and oxygen atoms in total. The summed E-state index contributed by atoms with van der Waals surface area (Å²) in [5.74, 6) is 0.374. The topological polar surface area (TPSA) is 0 Å². The van der Waals surface area contributed by atoms with E-state index in [1.807, 2.05) is 0 Å². The Hall–Kier alpha value is -5.98. The highest BCUT2D eigenvalue weighted by Gasteiger charge is 2.36. The summed E-state index contributed by atoms with van der Waals surface area (Å²) in [6.07, 6.45) is 19.5. The lowest BCUT2D eigenvalue weighted by Gasteiger charge is -2.37. The maximum Gasteiger partial charge on any atom is 0.0349 e. The summed E-state index contributed by atoms with van der Waals surface area (Å²) in [5, 5.41) is 5.12. The minimum absolute atomic E-state index is 0.0937. The van der Waals surface area contributed by atoms with Crippen LogP contribution >= 0.6 is 0 Å². The molecule has 0 fully saturated rings. The first kappa shape index (κ1) is 28.8. The summed E-state index contributed by atoms with van der Waals surface area (Å²) >= 11 is 0. The Labute approximate surface area is 299 Å². The summed E-state index contributed by atoms with van der Waals surface area (Å²) in [4.78, 5) is 0. The maximum absolute atomic E-state index is 2.45. The average molecular weight is 649 g/mol. The molecule has 6 aromatic rings. The number of benzene rings is 6. The van der Waals surface area contributed by atoms with Crippen molar-refractivity contribution in [2.45, 2.75) is 25.7 Å². The van der Waals surface area contributed by atoms with Crippen LogP contribution in [0.2, 0.25) is 0 Å². The number of hydrogen-bond acceptors (Lipinski definition) is 0. The predicted octanol–water partition coefficient (Wildman–Crippen LogP) is 13.3. The molecule has 0 saturated heterocycles. The van der Waals surface area contributed by atoms with Crippen molar-refractivity contribution in [2.75, 3.05) is 0 Å². The van der Waals surface area contributed by atoms with Gasteiger partial charge in [0.1, 0.15) is 0 Å². The zero-order valence-electron chi connectivity index (χ0n) is 28.9. The number of fused-ring (bicyclic) bond motifs is 5. The standard InChI is InChI=1S/C51H36/c1-51(2)47-29-39(36-16-13-31-7-3-4-8-34(31)25-36)21-23-43(47)44-24-22-40(30-48(44)51)37-17-18-38-27-41(20-19-35(38)26-37)46-28-42-11-5-9-32-14-15-33-10-6-12-45(46)50(33)49(32)42/h3-11,13-30,49H,12H2,1-2H3. The lowest BCUT2D eigenvalue weighted by molar-refractivity contribution is 0.661. The van der Waals surface area contributed by atoms with Crippen molar-refractivity contribution < 1.29 is 0 Å². The fourth-order valence-electron chi connectivity index (χ4n) is 9.45. The van der Waals surface area contributed by atoms with E-state index in [4.69, 9.17) is 0 Å². The SMILES string of the molecule is CC1(C)c2cc(-c3ccc4ccccc4c3)ccc2-c2ccc(-c3ccc4cc(C5=C6CC=CC7=C6C6C(=CC=CC6=C5)C=C7)ccc4c3)cc21. The Morgan fingerprint density at radius 1 is 0.529 bits per heavy atom. The second-order valence-electron chi connectivity index (χ2n) is 15.3. The quantitative estimate of drug-likeness (QED) is 0.179. The highest BCUT2D eigenvalue weighted by molar-refractivity contribution is 5.95. The van der Waals surface area contributed by atoms with Gasteiger partial charge in [-0.2, -0.15) is 0 Å². The van der Waals surface area contributed by atoms with Crippen LogP contribution in [0.4, 0.5) is 0 Å². The van der Waals surface area contributed by atoms with Gasteiger partial charge in [0.25, 0.3) is 0 Å². The highest BCUT2D eigenvalue weighted by atomic mass is 14.4. The lowest BCUT2D eigenvalue weighted by Crippen LogP contribution is -2.22. The molecule has 0 saturated carbocycles. The third kappa shape index (κ3) is 4.26. The average Bonchev–Trinajstić information content (AvgIpc) is 3.41. The van der Waals surface area contributed by atoms with E-state index in [1.165, 1.54) is 105 Å². The van der Waals surface area contributed by atoms with E-state index in [0.717, 1.165) is 6.42 Å². The van der Waals surface area contributed by atoms with Crippen LogP contribution in [0, 0.1) is 5.92 Å². The molecule has 1 atom stereocenters. The molecular formula is C51H36. The smallest absolute Gasteiger partial charge is 0.0349 e. The van der Waals surface area contributed by atoms with Gasteiger partial charge in [0, 0.05) is 11.3 Å². The first-order valence-corrected chi connectivity index (χ1v) is 18.2. The summed E-state index contributed by atoms with van der Waals surface area (Å²) in [6.45, 7) is 4.77. The molecule has 1 unspecified atom stereocenters. The molecular weight excluding hydrogens is 613 g/mol. The van der Waals surface area contributed by atoms with Gasteiger partial charge in [-0.25, -0.2) is 0 Å². The highest BCUT2D eigenvalue weighted by Crippen LogP contribution is 2.52. The summed E-state index contributed by atoms with van der Waals surface area (Å²) in [7, 11) is 0. The molecule has 240 valence electrons. The largest absolute Gasteiger partial charge is 0.0795 e. The Balaban J connectivity index is 0.940. The van der Waals surface area contributed by atoms with E-state index < -0.39 is 0 Å². The number of allylic oxidation sites excluding steroid dienone is 14. The Kier molecular flexibility index (Phi) is 5.94. The first-order chi connectivity index (χ1) is 25.0. The molecule has 0 heteroatoms. The van der Waals surface area contributed by atoms with Gasteiger partial charge in [-0.3, -0.25) is 0 Å². The van der Waals surface area contributed by atoms with E-state index in [0.29, 0.717) is 5.92 Å². The van der Waals surface area contributed by atoms with Crippen LogP contribution in [0.15, 0.2) is 192 Å². The second-order valence-corrected chi connectivity index (χ2v) is 15.3. The molecule has 11 rings (SSSR count). The van der Waals surface area contributed by atoms with Crippen LogP contribution in [-0.2, 0) is 5.41 Å². The molecule has 0 aromatic heterocycles. The lowest BCUT2D eigenvalue weighted by atomic mass is 9.67. The minimum atomic E-state index is -0.0937. The van der Waals surface area contributed by atoms with Gasteiger partial charge in [0.2, 0.25) is 0 Å². The first-order valence-electron chi connectivity index (χ1n) is 18.2. The molecule has 0 amide bonds. The molecule has 0 aliphatic heterocycles. The van der Waals surface area contributed by atoms with Gasteiger partial charge in [0.15, 0.2) is 0 Å². The van der Waals surface area contributed by atoms with Gasteiger partial charge in [0.05, 0.1) is 0 Å². The maximum atomic E-state index is 2.45. The number of hydrogen-bond donors (Lipinski definition) is 0. The zero-order valence-corrected chi connectivity index (χ0v) is 28.9. The molecule has 0 bridgehead atoms. The molecule has 51 heavy (non-hydrogen) atoms. The van der Waals surface area contributed by atoms with E-state index in [9.17, 15) is 0 Å². The van der Waals surface area contributed by atoms with Crippen molar-refractivity contribution in [3.05, 3.63) is 208 Å². The third-order valence-electron chi connectivity index (χ3n) is 12.1. The van der Waals surface area contributed by atoms with Crippen molar-refractivity contribution in [2.24, 2.45) is 5.92 Å². The number of rotatable bonds is 3. The molecule has 0 spiro atoms. The van der Waals surface area contributed by atoms with Crippen LogP contribution < -0.4 is 0 Å². The van der Waals surface area contributed by atoms with Crippen LogP contribution in [0.5, 0.6) is 0 Å².